The number of carbonyl (C=O) groups excluding carboxylic acids is 1. The molecule has 0 atom stereocenters. The number of hydrogen-bond donors (Lipinski definition) is 2. The molecule has 1 aromatic carbocycles. The molecule has 3 aromatic rings. The van der Waals surface area contributed by atoms with Gasteiger partial charge in [-0.15, -0.1) is 0 Å². The van der Waals surface area contributed by atoms with E-state index in [2.05, 4.69) is 44.3 Å². The first-order valence-corrected chi connectivity index (χ1v) is 11.4. The number of ether oxygens (including phenoxy) is 1. The van der Waals surface area contributed by atoms with Crippen molar-refractivity contribution in [3.63, 3.8) is 0 Å². The number of H-pyrrole nitrogens is 1. The molecule has 0 unspecified atom stereocenters. The van der Waals surface area contributed by atoms with Crippen molar-refractivity contribution in [1.29, 1.82) is 0 Å². The van der Waals surface area contributed by atoms with Gasteiger partial charge in [0, 0.05) is 24.0 Å². The molecule has 0 bridgehead atoms. The van der Waals surface area contributed by atoms with Crippen LogP contribution in [0, 0.1) is 6.92 Å². The van der Waals surface area contributed by atoms with Gasteiger partial charge >= 0.3 is 12.0 Å². The van der Waals surface area contributed by atoms with Crippen LogP contribution in [0.1, 0.15) is 37.9 Å². The third kappa shape index (κ3) is 7.75. The Morgan fingerprint density at radius 1 is 1.06 bits per heavy atom. The standard InChI is InChI=1S/C25H32N6O2/c1-4-14-31(15-5-2)23-18-22(28-24(32)27-21-11-8-9-19(3)17-21)29-25(30-23)33-16-12-20-10-6-7-13-26-20/h6-11,13,17-18H,4-5,12,14-16H2,1-3H3,(H2,27,28,29,30,32)/p+1. The summed E-state index contributed by atoms with van der Waals surface area (Å²) in [6.07, 6.45) is 4.43. The van der Waals surface area contributed by atoms with Crippen LogP contribution in [0.2, 0.25) is 0 Å². The lowest BCUT2D eigenvalue weighted by Crippen LogP contribution is -2.32. The molecular formula is C25H33N6O2+. The first kappa shape index (κ1) is 24.0. The van der Waals surface area contributed by atoms with Crippen LogP contribution in [0.5, 0.6) is 6.01 Å². The van der Waals surface area contributed by atoms with Crippen molar-refractivity contribution < 1.29 is 14.5 Å². The van der Waals surface area contributed by atoms with Gasteiger partial charge in [-0.1, -0.05) is 32.0 Å². The normalized spacial score (nSPS) is 10.5. The van der Waals surface area contributed by atoms with Gasteiger partial charge in [0.1, 0.15) is 0 Å². The first-order valence-electron chi connectivity index (χ1n) is 11.4. The number of hydrogen-bond acceptors (Lipinski definition) is 5. The summed E-state index contributed by atoms with van der Waals surface area (Å²) < 4.78 is 5.91. The van der Waals surface area contributed by atoms with Gasteiger partial charge in [-0.05, 0) is 54.6 Å². The fourth-order valence-corrected chi connectivity index (χ4v) is 3.44. The molecule has 33 heavy (non-hydrogen) atoms. The van der Waals surface area contributed by atoms with Crippen LogP contribution in [0.25, 0.3) is 0 Å². The van der Waals surface area contributed by atoms with E-state index in [1.54, 1.807) is 6.20 Å². The van der Waals surface area contributed by atoms with Crippen LogP contribution >= 0.6 is 0 Å². The maximum Gasteiger partial charge on any atom is 0.433 e. The van der Waals surface area contributed by atoms with Crippen molar-refractivity contribution in [2.75, 3.05) is 35.2 Å². The Hall–Kier alpha value is -3.68. The predicted molar refractivity (Wildman–Crippen MR) is 131 cm³/mol. The topological polar surface area (TPSA) is 93.5 Å². The van der Waals surface area contributed by atoms with E-state index in [1.165, 1.54) is 0 Å². The Morgan fingerprint density at radius 3 is 2.58 bits per heavy atom. The Morgan fingerprint density at radius 2 is 1.88 bits per heavy atom. The minimum atomic E-state index is -0.359. The van der Waals surface area contributed by atoms with Crippen LogP contribution < -0.4 is 25.3 Å². The summed E-state index contributed by atoms with van der Waals surface area (Å²) in [5, 5.41) is 5.69. The van der Waals surface area contributed by atoms with Crippen LogP contribution in [0.3, 0.4) is 0 Å². The summed E-state index contributed by atoms with van der Waals surface area (Å²) in [5.41, 5.74) is 2.74. The molecule has 174 valence electrons. The van der Waals surface area contributed by atoms with Gasteiger partial charge in [0.2, 0.25) is 11.6 Å². The van der Waals surface area contributed by atoms with Gasteiger partial charge in [0.15, 0.2) is 0 Å². The zero-order chi connectivity index (χ0) is 23.5. The molecule has 0 spiro atoms. The number of aromatic amines is 1. The van der Waals surface area contributed by atoms with E-state index in [-0.39, 0.29) is 6.03 Å². The molecule has 3 rings (SSSR count). The maximum atomic E-state index is 12.6. The summed E-state index contributed by atoms with van der Waals surface area (Å²) in [5.74, 6) is 1.27. The average molecular weight is 450 g/mol. The second kappa shape index (κ2) is 12.4. The highest BCUT2D eigenvalue weighted by molar-refractivity contribution is 5.99. The Balaban J connectivity index is 1.75. The van der Waals surface area contributed by atoms with Crippen molar-refractivity contribution >= 4 is 23.4 Å². The number of pyridine rings is 1. The molecule has 0 radical (unpaired) electrons. The molecule has 8 heteroatoms. The number of aromatic nitrogens is 3. The van der Waals surface area contributed by atoms with E-state index in [0.29, 0.717) is 24.9 Å². The van der Waals surface area contributed by atoms with Crippen molar-refractivity contribution in [1.82, 2.24) is 9.97 Å². The van der Waals surface area contributed by atoms with E-state index in [0.717, 1.165) is 48.7 Å². The molecule has 0 aliphatic carbocycles. The molecule has 2 aromatic heterocycles. The lowest BCUT2D eigenvalue weighted by Gasteiger charge is -2.18. The number of urea groups is 1. The zero-order valence-corrected chi connectivity index (χ0v) is 19.6. The molecule has 2 heterocycles. The molecule has 0 fully saturated rings. The van der Waals surface area contributed by atoms with E-state index in [4.69, 9.17) is 4.74 Å². The SMILES string of the molecule is CCCN(CCC)c1cc(NC(=O)Nc2cccc(C)c2)nc(OCCc2ccccn2)[nH+]1. The van der Waals surface area contributed by atoms with Crippen molar-refractivity contribution in [2.24, 2.45) is 0 Å². The fourth-order valence-electron chi connectivity index (χ4n) is 3.44. The number of amides is 2. The molecule has 0 aliphatic heterocycles. The summed E-state index contributed by atoms with van der Waals surface area (Å²) in [6.45, 7) is 8.45. The smallest absolute Gasteiger partial charge is 0.433 e. The van der Waals surface area contributed by atoms with Crippen molar-refractivity contribution in [3.05, 3.63) is 66.0 Å². The number of benzene rings is 1. The largest absolute Gasteiger partial charge is 0.440 e. The van der Waals surface area contributed by atoms with E-state index in [9.17, 15) is 4.79 Å². The highest BCUT2D eigenvalue weighted by Gasteiger charge is 2.19. The van der Waals surface area contributed by atoms with E-state index < -0.39 is 0 Å². The van der Waals surface area contributed by atoms with Gasteiger partial charge < -0.3 is 10.1 Å². The van der Waals surface area contributed by atoms with Crippen LogP contribution in [0.4, 0.5) is 22.1 Å². The summed E-state index contributed by atoms with van der Waals surface area (Å²) >= 11 is 0. The minimum absolute atomic E-state index is 0.353. The van der Waals surface area contributed by atoms with Gasteiger partial charge in [0.05, 0.1) is 25.8 Å². The highest BCUT2D eigenvalue weighted by atomic mass is 16.5. The number of aryl methyl sites for hydroxylation is 1. The highest BCUT2D eigenvalue weighted by Crippen LogP contribution is 2.17. The number of nitrogens with zero attached hydrogens (tertiary/aromatic N) is 3. The van der Waals surface area contributed by atoms with Crippen molar-refractivity contribution in [2.45, 2.75) is 40.0 Å². The quantitative estimate of drug-likeness (QED) is 0.450. The first-order chi connectivity index (χ1) is 16.1. The molecule has 0 saturated heterocycles. The third-order valence-corrected chi connectivity index (χ3v) is 4.90. The Kier molecular flexibility index (Phi) is 8.99. The molecule has 0 saturated carbocycles. The number of anilines is 3. The van der Waals surface area contributed by atoms with Gasteiger partial charge in [0.25, 0.3) is 0 Å². The second-order valence-corrected chi connectivity index (χ2v) is 7.81. The lowest BCUT2D eigenvalue weighted by atomic mass is 10.2. The number of nitrogens with one attached hydrogen (secondary N) is 3. The van der Waals surface area contributed by atoms with Crippen molar-refractivity contribution in [3.8, 4) is 6.01 Å². The van der Waals surface area contributed by atoms with Gasteiger partial charge in [-0.3, -0.25) is 15.2 Å². The van der Waals surface area contributed by atoms with Crippen LogP contribution in [0.15, 0.2) is 54.7 Å². The van der Waals surface area contributed by atoms with E-state index >= 15 is 0 Å². The molecule has 3 N–H and O–H groups in total. The number of rotatable bonds is 11. The molecular weight excluding hydrogens is 416 g/mol. The minimum Gasteiger partial charge on any atom is -0.440 e. The van der Waals surface area contributed by atoms with Gasteiger partial charge in [-0.2, -0.15) is 0 Å². The maximum absolute atomic E-state index is 12.6. The molecule has 2 amide bonds. The fraction of sp³-hybridized carbons (Fsp3) is 0.360. The predicted octanol–water partition coefficient (Wildman–Crippen LogP) is 4.49. The van der Waals surface area contributed by atoms with E-state index in [1.807, 2.05) is 55.5 Å². The Bertz CT molecular complexity index is 1020. The third-order valence-electron chi connectivity index (χ3n) is 4.90. The van der Waals surface area contributed by atoms with Gasteiger partial charge in [-0.25, -0.2) is 9.78 Å². The Labute approximate surface area is 195 Å². The summed E-state index contributed by atoms with van der Waals surface area (Å²) in [4.78, 5) is 26.9. The lowest BCUT2D eigenvalue weighted by molar-refractivity contribution is -0.386. The average Bonchev–Trinajstić information content (AvgIpc) is 2.79. The van der Waals surface area contributed by atoms with Crippen LogP contribution in [-0.2, 0) is 6.42 Å². The summed E-state index contributed by atoms with van der Waals surface area (Å²) in [7, 11) is 0. The molecule has 8 nitrogen and oxygen atoms in total. The van der Waals surface area contributed by atoms with Crippen LogP contribution in [-0.4, -0.2) is 35.7 Å². The summed E-state index contributed by atoms with van der Waals surface area (Å²) in [6, 6.07) is 15.3. The monoisotopic (exact) mass is 449 g/mol. The number of carbonyl (C=O) groups is 1. The molecule has 0 aliphatic rings. The second-order valence-electron chi connectivity index (χ2n) is 7.81. The zero-order valence-electron chi connectivity index (χ0n) is 19.6.